The zero-order chi connectivity index (χ0) is 16.4. The molecule has 0 radical (unpaired) electrons. The van der Waals surface area contributed by atoms with Crippen LogP contribution in [0.2, 0.25) is 0 Å². The minimum absolute atomic E-state index is 0.390. The fourth-order valence-corrected chi connectivity index (χ4v) is 2.19. The number of benzene rings is 1. The van der Waals surface area contributed by atoms with E-state index in [-0.39, 0.29) is 0 Å². The lowest BCUT2D eigenvalue weighted by atomic mass is 10.2. The van der Waals surface area contributed by atoms with Crippen LogP contribution >= 0.6 is 15.9 Å². The number of ether oxygens (including phenoxy) is 2. The van der Waals surface area contributed by atoms with Crippen LogP contribution in [0.5, 0.6) is 5.75 Å². The Labute approximate surface area is 138 Å². The Morgan fingerprint density at radius 3 is 2.59 bits per heavy atom. The monoisotopic (exact) mass is 372 g/mol. The zero-order valence-corrected chi connectivity index (χ0v) is 14.4. The van der Waals surface area contributed by atoms with Crippen LogP contribution in [0.4, 0.5) is 4.79 Å². The molecule has 2 N–H and O–H groups in total. The highest BCUT2D eigenvalue weighted by atomic mass is 79.9. The molecular weight excluding hydrogens is 352 g/mol. The molecule has 0 spiro atoms. The van der Waals surface area contributed by atoms with Crippen molar-refractivity contribution in [1.29, 1.82) is 0 Å². The van der Waals surface area contributed by atoms with Crippen molar-refractivity contribution in [2.24, 2.45) is 0 Å². The Kier molecular flexibility index (Phi) is 8.35. The molecule has 1 aromatic carbocycles. The Morgan fingerprint density at radius 1 is 1.18 bits per heavy atom. The van der Waals surface area contributed by atoms with Gasteiger partial charge in [-0.15, -0.1) is 0 Å². The van der Waals surface area contributed by atoms with Crippen molar-refractivity contribution >= 4 is 27.9 Å². The van der Waals surface area contributed by atoms with Crippen LogP contribution in [0.25, 0.3) is 0 Å². The number of methoxy groups -OCH3 is 1. The Bertz CT molecular complexity index is 508. The number of hydrogen-bond acceptors (Lipinski definition) is 4. The van der Waals surface area contributed by atoms with Crippen LogP contribution in [0, 0.1) is 0 Å². The molecule has 0 atom stereocenters. The van der Waals surface area contributed by atoms with Crippen molar-refractivity contribution < 1.29 is 19.1 Å². The molecular formula is C15H21BrN2O4. The van der Waals surface area contributed by atoms with Crippen molar-refractivity contribution in [3.8, 4) is 5.75 Å². The molecule has 0 fully saturated rings. The summed E-state index contributed by atoms with van der Waals surface area (Å²) in [6, 6.07) is 4.98. The third-order valence-electron chi connectivity index (χ3n) is 2.91. The van der Waals surface area contributed by atoms with E-state index in [1.54, 1.807) is 18.2 Å². The highest BCUT2D eigenvalue weighted by Crippen LogP contribution is 2.26. The largest absolute Gasteiger partial charge is 0.492 e. The molecule has 2 amide bonds. The molecule has 6 nitrogen and oxygen atoms in total. The lowest BCUT2D eigenvalue weighted by Crippen LogP contribution is -2.41. The number of hydrogen-bond donors (Lipinski definition) is 2. The van der Waals surface area contributed by atoms with Crippen molar-refractivity contribution in [3.05, 3.63) is 28.2 Å². The molecule has 22 heavy (non-hydrogen) atoms. The molecule has 0 aliphatic carbocycles. The van der Waals surface area contributed by atoms with Gasteiger partial charge in [0.2, 0.25) is 0 Å². The third-order valence-corrected chi connectivity index (χ3v) is 3.53. The molecule has 0 bridgehead atoms. The summed E-state index contributed by atoms with van der Waals surface area (Å²) in [7, 11) is 1.21. The SMILES string of the molecule is CCCCCCOc1ccc(C(=O)NNC(=O)OC)cc1Br. The van der Waals surface area contributed by atoms with Gasteiger partial charge in [-0.2, -0.15) is 0 Å². The summed E-state index contributed by atoms with van der Waals surface area (Å²) in [6.07, 6.45) is 3.81. The van der Waals surface area contributed by atoms with Crippen molar-refractivity contribution in [2.75, 3.05) is 13.7 Å². The summed E-state index contributed by atoms with van der Waals surface area (Å²) in [5.41, 5.74) is 4.74. The van der Waals surface area contributed by atoms with E-state index in [9.17, 15) is 9.59 Å². The maximum atomic E-state index is 11.8. The number of halogens is 1. The topological polar surface area (TPSA) is 76.7 Å². The molecule has 1 rings (SSSR count). The molecule has 1 aromatic rings. The fraction of sp³-hybridized carbons (Fsp3) is 0.467. The van der Waals surface area contributed by atoms with Gasteiger partial charge in [0.25, 0.3) is 5.91 Å². The third kappa shape index (κ3) is 6.34. The van der Waals surface area contributed by atoms with E-state index in [0.717, 1.165) is 12.8 Å². The first kappa shape index (κ1) is 18.3. The number of unbranched alkanes of at least 4 members (excludes halogenated alkanes) is 3. The Morgan fingerprint density at radius 2 is 1.95 bits per heavy atom. The predicted molar refractivity (Wildman–Crippen MR) is 86.8 cm³/mol. The van der Waals surface area contributed by atoms with E-state index < -0.39 is 12.0 Å². The van der Waals surface area contributed by atoms with E-state index >= 15 is 0 Å². The van der Waals surface area contributed by atoms with Crippen LogP contribution in [0.3, 0.4) is 0 Å². The minimum Gasteiger partial charge on any atom is -0.492 e. The van der Waals surface area contributed by atoms with E-state index in [1.807, 2.05) is 0 Å². The van der Waals surface area contributed by atoms with Crippen LogP contribution in [0.1, 0.15) is 43.0 Å². The van der Waals surface area contributed by atoms with E-state index in [2.05, 4.69) is 38.4 Å². The van der Waals surface area contributed by atoms with Crippen LogP contribution in [-0.2, 0) is 4.74 Å². The van der Waals surface area contributed by atoms with Gasteiger partial charge in [-0.25, -0.2) is 10.2 Å². The van der Waals surface area contributed by atoms with Crippen LogP contribution in [-0.4, -0.2) is 25.7 Å². The van der Waals surface area contributed by atoms with Gasteiger partial charge < -0.3 is 9.47 Å². The first-order valence-corrected chi connectivity index (χ1v) is 7.94. The maximum absolute atomic E-state index is 11.8. The predicted octanol–water partition coefficient (Wildman–Crippen LogP) is 3.41. The molecule has 0 aliphatic heterocycles. The van der Waals surface area contributed by atoms with Gasteiger partial charge in [0.05, 0.1) is 18.2 Å². The molecule has 7 heteroatoms. The van der Waals surface area contributed by atoms with Gasteiger partial charge in [-0.1, -0.05) is 26.2 Å². The molecule has 0 saturated heterocycles. The minimum atomic E-state index is -0.737. The first-order valence-electron chi connectivity index (χ1n) is 7.15. The van der Waals surface area contributed by atoms with Crippen molar-refractivity contribution in [2.45, 2.75) is 32.6 Å². The van der Waals surface area contributed by atoms with E-state index in [4.69, 9.17) is 4.74 Å². The summed E-state index contributed by atoms with van der Waals surface area (Å²) in [5, 5.41) is 0. The number of hydrazine groups is 1. The van der Waals surface area contributed by atoms with Gasteiger partial charge in [0.1, 0.15) is 5.75 Å². The lowest BCUT2D eigenvalue weighted by Gasteiger charge is -2.10. The second-order valence-corrected chi connectivity index (χ2v) is 5.48. The maximum Gasteiger partial charge on any atom is 0.425 e. The number of carbonyl (C=O) groups is 2. The summed E-state index contributed by atoms with van der Waals surface area (Å²) >= 11 is 3.37. The highest BCUT2D eigenvalue weighted by molar-refractivity contribution is 9.10. The number of rotatable bonds is 7. The van der Waals surface area contributed by atoms with Crippen molar-refractivity contribution in [3.63, 3.8) is 0 Å². The summed E-state index contributed by atoms with van der Waals surface area (Å²) < 4.78 is 10.7. The first-order chi connectivity index (χ1) is 10.6. The van der Waals surface area contributed by atoms with Crippen LogP contribution in [0.15, 0.2) is 22.7 Å². The van der Waals surface area contributed by atoms with Gasteiger partial charge in [0.15, 0.2) is 0 Å². The Balaban J connectivity index is 2.50. The molecule has 122 valence electrons. The molecule has 0 saturated carbocycles. The average Bonchev–Trinajstić information content (AvgIpc) is 2.53. The van der Waals surface area contributed by atoms with Gasteiger partial charge in [-0.05, 0) is 40.5 Å². The fourth-order valence-electron chi connectivity index (χ4n) is 1.70. The van der Waals surface area contributed by atoms with Crippen LogP contribution < -0.4 is 15.6 Å². The summed E-state index contributed by atoms with van der Waals surface area (Å²) in [6.45, 7) is 2.81. The summed E-state index contributed by atoms with van der Waals surface area (Å²) in [4.78, 5) is 22.7. The van der Waals surface area contributed by atoms with Gasteiger partial charge >= 0.3 is 6.09 Å². The standard InChI is InChI=1S/C15H21BrN2O4/c1-3-4-5-6-9-22-13-8-7-11(10-12(13)16)14(19)17-18-15(20)21-2/h7-8,10H,3-6,9H2,1-2H3,(H,17,19)(H,18,20). The lowest BCUT2D eigenvalue weighted by molar-refractivity contribution is 0.0920. The molecule has 0 aliphatic rings. The number of nitrogens with one attached hydrogen (secondary N) is 2. The summed E-state index contributed by atoms with van der Waals surface area (Å²) in [5.74, 6) is 0.245. The van der Waals surface area contributed by atoms with Crippen molar-refractivity contribution in [1.82, 2.24) is 10.9 Å². The van der Waals surface area contributed by atoms with Gasteiger partial charge in [-0.3, -0.25) is 10.2 Å². The van der Waals surface area contributed by atoms with E-state index in [1.165, 1.54) is 20.0 Å². The van der Waals surface area contributed by atoms with E-state index in [0.29, 0.717) is 22.4 Å². The second kappa shape index (κ2) is 10.0. The quantitative estimate of drug-likeness (QED) is 0.567. The smallest absolute Gasteiger partial charge is 0.425 e. The highest BCUT2D eigenvalue weighted by Gasteiger charge is 2.10. The average molecular weight is 373 g/mol. The zero-order valence-electron chi connectivity index (χ0n) is 12.8. The Hall–Kier alpha value is -1.76. The second-order valence-electron chi connectivity index (χ2n) is 4.63. The number of amides is 2. The normalized spacial score (nSPS) is 9.95. The molecule has 0 aromatic heterocycles. The van der Waals surface area contributed by atoms with Gasteiger partial charge in [0, 0.05) is 5.56 Å². The molecule has 0 heterocycles. The number of carbonyl (C=O) groups excluding carboxylic acids is 2. The molecule has 0 unspecified atom stereocenters.